The van der Waals surface area contributed by atoms with Gasteiger partial charge in [-0.15, -0.1) is 0 Å². The summed E-state index contributed by atoms with van der Waals surface area (Å²) in [5, 5.41) is 0. The van der Waals surface area contributed by atoms with Gasteiger partial charge in [0.05, 0.1) is 0 Å². The van der Waals surface area contributed by atoms with E-state index in [0.29, 0.717) is 18.9 Å². The minimum absolute atomic E-state index is 0.0497. The van der Waals surface area contributed by atoms with Crippen molar-refractivity contribution >= 4 is 11.8 Å². The van der Waals surface area contributed by atoms with Gasteiger partial charge in [0.15, 0.2) is 0 Å². The highest BCUT2D eigenvalue weighted by atomic mass is 16.5. The molecule has 0 aromatic heterocycles. The summed E-state index contributed by atoms with van der Waals surface area (Å²) in [6, 6.07) is 20.3. The van der Waals surface area contributed by atoms with Crippen molar-refractivity contribution in [3.63, 3.8) is 0 Å². The molecule has 4 heteroatoms. The fraction of sp³-hybridized carbons (Fsp3) is 0.533. The summed E-state index contributed by atoms with van der Waals surface area (Å²) in [4.78, 5) is 28.2. The van der Waals surface area contributed by atoms with Crippen LogP contribution in [0, 0.1) is 11.8 Å². The fourth-order valence-electron chi connectivity index (χ4n) is 6.04. The van der Waals surface area contributed by atoms with Gasteiger partial charge in [-0.25, -0.2) is 0 Å². The summed E-state index contributed by atoms with van der Waals surface area (Å²) >= 11 is 0. The summed E-state index contributed by atoms with van der Waals surface area (Å²) in [6.07, 6.45) is 3.65. The average molecular weight is 462 g/mol. The third-order valence-electron chi connectivity index (χ3n) is 8.29. The number of likely N-dealkylation sites (tertiary alicyclic amines) is 1. The number of hydrogen-bond acceptors (Lipinski definition) is 4. The molecule has 2 aromatic carbocycles. The van der Waals surface area contributed by atoms with Crippen LogP contribution >= 0.6 is 0 Å². The Morgan fingerprint density at radius 1 is 1.03 bits per heavy atom. The zero-order valence-corrected chi connectivity index (χ0v) is 21.1. The molecule has 182 valence electrons. The number of carbonyl (C=O) groups excluding carboxylic acids is 2. The molecule has 2 aliphatic rings. The van der Waals surface area contributed by atoms with E-state index in [1.165, 1.54) is 5.56 Å². The standard InChI is InChI=1S/C30H39NO3/c1-21-15-16-26(30(3,4)24-13-9-6-10-14-24)28(19-21)34-29(33)27-20-25(32)17-18-31(27)22(2)23-11-7-5-8-12-23/h5-14,21-22,26-28H,15-20H2,1-4H3/t21-,22-,26-,27+,28-/m1/s1. The summed E-state index contributed by atoms with van der Waals surface area (Å²) < 4.78 is 6.35. The Morgan fingerprint density at radius 2 is 1.68 bits per heavy atom. The molecule has 2 fully saturated rings. The highest BCUT2D eigenvalue weighted by Crippen LogP contribution is 2.44. The van der Waals surface area contributed by atoms with Gasteiger partial charge in [-0.3, -0.25) is 14.5 Å². The van der Waals surface area contributed by atoms with Gasteiger partial charge in [-0.05, 0) is 42.2 Å². The predicted octanol–water partition coefficient (Wildman–Crippen LogP) is 6.11. The molecule has 0 amide bonds. The van der Waals surface area contributed by atoms with Crippen LogP contribution in [0.4, 0.5) is 0 Å². The molecule has 1 heterocycles. The smallest absolute Gasteiger partial charge is 0.324 e. The molecule has 34 heavy (non-hydrogen) atoms. The second-order valence-corrected chi connectivity index (χ2v) is 10.9. The van der Waals surface area contributed by atoms with Crippen LogP contribution in [0.15, 0.2) is 60.7 Å². The van der Waals surface area contributed by atoms with E-state index in [0.717, 1.165) is 24.8 Å². The minimum Gasteiger partial charge on any atom is -0.461 e. The van der Waals surface area contributed by atoms with Crippen molar-refractivity contribution in [3.05, 3.63) is 71.8 Å². The van der Waals surface area contributed by atoms with Crippen LogP contribution in [-0.2, 0) is 19.7 Å². The molecular weight excluding hydrogens is 422 g/mol. The summed E-state index contributed by atoms with van der Waals surface area (Å²) in [7, 11) is 0. The first-order chi connectivity index (χ1) is 16.3. The predicted molar refractivity (Wildman–Crippen MR) is 135 cm³/mol. The molecule has 4 rings (SSSR count). The van der Waals surface area contributed by atoms with Crippen LogP contribution in [0.5, 0.6) is 0 Å². The Morgan fingerprint density at radius 3 is 2.35 bits per heavy atom. The summed E-state index contributed by atoms with van der Waals surface area (Å²) in [5.41, 5.74) is 2.33. The van der Waals surface area contributed by atoms with Gasteiger partial charge in [0, 0.05) is 31.3 Å². The Bertz CT molecular complexity index is 971. The topological polar surface area (TPSA) is 46.6 Å². The molecule has 1 aliphatic carbocycles. The summed E-state index contributed by atoms with van der Waals surface area (Å²) in [6.45, 7) is 9.51. The van der Waals surface area contributed by atoms with Gasteiger partial charge in [0.2, 0.25) is 0 Å². The van der Waals surface area contributed by atoms with Gasteiger partial charge < -0.3 is 4.74 Å². The van der Waals surface area contributed by atoms with Crippen LogP contribution in [0.2, 0.25) is 0 Å². The molecule has 1 saturated heterocycles. The van der Waals surface area contributed by atoms with Crippen molar-refractivity contribution in [1.29, 1.82) is 0 Å². The molecule has 1 saturated carbocycles. The lowest BCUT2D eigenvalue weighted by atomic mass is 9.64. The fourth-order valence-corrected chi connectivity index (χ4v) is 6.04. The number of rotatable bonds is 6. The number of piperidine rings is 1. The number of benzene rings is 2. The normalized spacial score (nSPS) is 27.2. The molecule has 5 atom stereocenters. The molecule has 2 aromatic rings. The molecule has 0 radical (unpaired) electrons. The number of hydrogen-bond donors (Lipinski definition) is 0. The van der Waals surface area contributed by atoms with Gasteiger partial charge in [0.25, 0.3) is 0 Å². The number of esters is 1. The first kappa shape index (κ1) is 24.7. The van der Waals surface area contributed by atoms with Crippen molar-refractivity contribution in [3.8, 4) is 0 Å². The third-order valence-corrected chi connectivity index (χ3v) is 8.29. The second kappa shape index (κ2) is 10.4. The molecule has 1 aliphatic heterocycles. The van der Waals surface area contributed by atoms with Crippen molar-refractivity contribution < 1.29 is 14.3 Å². The number of ketones is 1. The van der Waals surface area contributed by atoms with E-state index >= 15 is 0 Å². The van der Waals surface area contributed by atoms with Crippen molar-refractivity contribution in [2.75, 3.05) is 6.54 Å². The first-order valence-corrected chi connectivity index (χ1v) is 12.9. The second-order valence-electron chi connectivity index (χ2n) is 10.9. The zero-order valence-electron chi connectivity index (χ0n) is 21.1. The van der Waals surface area contributed by atoms with Crippen LogP contribution in [0.25, 0.3) is 0 Å². The van der Waals surface area contributed by atoms with Gasteiger partial charge in [-0.1, -0.05) is 87.9 Å². The van der Waals surface area contributed by atoms with E-state index in [1.807, 2.05) is 24.3 Å². The summed E-state index contributed by atoms with van der Waals surface area (Å²) in [5.74, 6) is 0.683. The van der Waals surface area contributed by atoms with E-state index in [4.69, 9.17) is 4.74 Å². The van der Waals surface area contributed by atoms with Crippen LogP contribution in [0.1, 0.15) is 77.0 Å². The Balaban J connectivity index is 1.55. The lowest BCUT2D eigenvalue weighted by Gasteiger charge is -2.45. The largest absolute Gasteiger partial charge is 0.461 e. The third kappa shape index (κ3) is 5.27. The SMILES string of the molecule is C[C@@H]1CC[C@@H](C(C)(C)c2ccccc2)[C@H](OC(=O)[C@@H]2CC(=O)CCN2[C@H](C)c2ccccc2)C1. The minimum atomic E-state index is -0.519. The van der Waals surface area contributed by atoms with Crippen LogP contribution < -0.4 is 0 Å². The van der Waals surface area contributed by atoms with Crippen molar-refractivity contribution in [2.24, 2.45) is 11.8 Å². The highest BCUT2D eigenvalue weighted by molar-refractivity contribution is 5.88. The van der Waals surface area contributed by atoms with Gasteiger partial charge in [-0.2, -0.15) is 0 Å². The van der Waals surface area contributed by atoms with Gasteiger partial charge in [0.1, 0.15) is 17.9 Å². The maximum absolute atomic E-state index is 13.7. The van der Waals surface area contributed by atoms with Crippen molar-refractivity contribution in [1.82, 2.24) is 4.90 Å². The Labute approximate surface area is 204 Å². The number of carbonyl (C=O) groups is 2. The number of ether oxygens (including phenoxy) is 1. The van der Waals surface area contributed by atoms with Crippen LogP contribution in [-0.4, -0.2) is 35.3 Å². The molecule has 0 unspecified atom stereocenters. The lowest BCUT2D eigenvalue weighted by Crippen LogP contribution is -2.51. The van der Waals surface area contributed by atoms with E-state index < -0.39 is 6.04 Å². The maximum atomic E-state index is 13.7. The highest BCUT2D eigenvalue weighted by Gasteiger charge is 2.44. The average Bonchev–Trinajstić information content (AvgIpc) is 2.84. The maximum Gasteiger partial charge on any atom is 0.324 e. The van der Waals surface area contributed by atoms with Gasteiger partial charge >= 0.3 is 5.97 Å². The molecule has 0 spiro atoms. The molecule has 4 nitrogen and oxygen atoms in total. The van der Waals surface area contributed by atoms with E-state index in [2.05, 4.69) is 69.0 Å². The Hall–Kier alpha value is -2.46. The first-order valence-electron chi connectivity index (χ1n) is 12.9. The van der Waals surface area contributed by atoms with E-state index in [9.17, 15) is 9.59 Å². The molecule has 0 N–H and O–H groups in total. The lowest BCUT2D eigenvalue weighted by molar-refractivity contribution is -0.167. The van der Waals surface area contributed by atoms with Crippen LogP contribution in [0.3, 0.4) is 0 Å². The monoisotopic (exact) mass is 461 g/mol. The molecular formula is C30H39NO3. The Kier molecular flexibility index (Phi) is 7.57. The zero-order chi connectivity index (χ0) is 24.3. The number of nitrogens with zero attached hydrogens (tertiary/aromatic N) is 1. The quantitative estimate of drug-likeness (QED) is 0.487. The van der Waals surface area contributed by atoms with E-state index in [-0.39, 0.29) is 41.7 Å². The number of Topliss-reactive ketones (excluding diaryl/α,β-unsaturated/α-hetero) is 1. The molecule has 0 bridgehead atoms. The van der Waals surface area contributed by atoms with E-state index in [1.54, 1.807) is 0 Å². The van der Waals surface area contributed by atoms with Crippen molar-refractivity contribution in [2.45, 2.75) is 83.4 Å².